The number of carbonyl (C=O) groups excluding carboxylic acids is 1. The van der Waals surface area contributed by atoms with Crippen LogP contribution in [0.2, 0.25) is 0 Å². The van der Waals surface area contributed by atoms with Crippen LogP contribution >= 0.6 is 0 Å². The van der Waals surface area contributed by atoms with Crippen LogP contribution in [0.4, 0.5) is 4.79 Å². The zero-order valence-corrected chi connectivity index (χ0v) is 17.5. The molecule has 2 amide bonds. The zero-order chi connectivity index (χ0) is 18.0. The Labute approximate surface area is 157 Å². The fourth-order valence-corrected chi connectivity index (χ4v) is 2.95. The van der Waals surface area contributed by atoms with Crippen molar-refractivity contribution in [1.82, 2.24) is 3.92 Å². The van der Waals surface area contributed by atoms with E-state index in [9.17, 15) is 4.79 Å². The van der Waals surface area contributed by atoms with Crippen LogP contribution < -0.4 is 11.5 Å². The average Bonchev–Trinajstić information content (AvgIpc) is 2.57. The van der Waals surface area contributed by atoms with Gasteiger partial charge in [0.05, 0.1) is 0 Å². The van der Waals surface area contributed by atoms with Crippen LogP contribution in [0.25, 0.3) is 0 Å². The Balaban J connectivity index is 3.27. The molecule has 0 aromatic rings. The molecule has 0 aliphatic heterocycles. The van der Waals surface area contributed by atoms with Crippen LogP contribution in [0.1, 0.15) is 96.8 Å². The van der Waals surface area contributed by atoms with Gasteiger partial charge >= 0.3 is 112 Å². The Hall–Kier alpha value is -0.511. The molecule has 4 nitrogen and oxygen atoms in total. The van der Waals surface area contributed by atoms with E-state index in [1.54, 1.807) is 0 Å². The van der Waals surface area contributed by atoms with Gasteiger partial charge in [0, 0.05) is 0 Å². The molecule has 0 aliphatic rings. The fraction of sp³-hybridized carbons (Fsp3) is 0.842. The van der Waals surface area contributed by atoms with Crippen molar-refractivity contribution in [2.75, 3.05) is 0 Å². The molecule has 0 bridgehead atoms. The van der Waals surface area contributed by atoms with Gasteiger partial charge in [0.1, 0.15) is 0 Å². The van der Waals surface area contributed by atoms with Gasteiger partial charge in [-0.15, -0.1) is 0 Å². The van der Waals surface area contributed by atoms with E-state index in [0.29, 0.717) is 0 Å². The maximum absolute atomic E-state index is 10.9. The third-order valence-corrected chi connectivity index (χ3v) is 5.34. The first-order chi connectivity index (χ1) is 11.6. The zero-order valence-electron chi connectivity index (χ0n) is 15.6. The molecule has 0 aromatic carbocycles. The summed E-state index contributed by atoms with van der Waals surface area (Å²) in [5.41, 5.74) is 11.1. The molecule has 0 heterocycles. The predicted octanol–water partition coefficient (Wildman–Crippen LogP) is 4.51. The molecular formula is C19H39N3OSe. The summed E-state index contributed by atoms with van der Waals surface area (Å²) < 4.78 is 1.35. The first-order valence-corrected chi connectivity index (χ1v) is 10.6. The summed E-state index contributed by atoms with van der Waals surface area (Å²) in [5, 5.41) is 0. The molecule has 0 rings (SSSR count). The quantitative estimate of drug-likeness (QED) is 0.172. The summed E-state index contributed by atoms with van der Waals surface area (Å²) >= 11 is 2.13. The van der Waals surface area contributed by atoms with Gasteiger partial charge in [0.25, 0.3) is 0 Å². The molecule has 4 N–H and O–H groups in total. The number of nitrogens with two attached hydrogens (primary N) is 2. The summed E-state index contributed by atoms with van der Waals surface area (Å²) in [4.78, 5) is 10.9. The molecule has 0 fully saturated rings. The van der Waals surface area contributed by atoms with Gasteiger partial charge < -0.3 is 0 Å². The first-order valence-electron chi connectivity index (χ1n) is 9.77. The molecule has 24 heavy (non-hydrogen) atoms. The third-order valence-electron chi connectivity index (χ3n) is 4.30. The number of nitrogens with zero attached hydrogens (tertiary/aromatic N) is 1. The van der Waals surface area contributed by atoms with Gasteiger partial charge in [0.2, 0.25) is 0 Å². The Morgan fingerprint density at radius 3 is 1.88 bits per heavy atom. The van der Waals surface area contributed by atoms with E-state index in [0.717, 1.165) is 12.8 Å². The molecule has 5 heteroatoms. The summed E-state index contributed by atoms with van der Waals surface area (Å²) in [6.07, 6.45) is 22.0. The molecule has 0 aromatic heterocycles. The van der Waals surface area contributed by atoms with E-state index in [1.165, 1.54) is 81.0 Å². The van der Waals surface area contributed by atoms with Crippen LogP contribution in [-0.2, 0) is 0 Å². The summed E-state index contributed by atoms with van der Waals surface area (Å²) in [7, 11) is 0. The van der Waals surface area contributed by atoms with Crippen molar-refractivity contribution in [2.24, 2.45) is 11.5 Å². The molecule has 0 saturated heterocycles. The number of primary amides is 1. The van der Waals surface area contributed by atoms with Gasteiger partial charge in [0.15, 0.2) is 0 Å². The van der Waals surface area contributed by atoms with E-state index < -0.39 is 6.03 Å². The minimum absolute atomic E-state index is 0.271. The third kappa shape index (κ3) is 15.0. The SMILES string of the molecule is CCCCCCCC/C=C\CCCCCCCC(N)N([SeH])C(N)=O. The number of rotatable bonds is 16. The van der Waals surface area contributed by atoms with Crippen LogP contribution in [0.5, 0.6) is 0 Å². The second-order valence-electron chi connectivity index (χ2n) is 6.62. The second-order valence-corrected chi connectivity index (χ2v) is 7.53. The van der Waals surface area contributed by atoms with Gasteiger partial charge in [-0.25, -0.2) is 0 Å². The van der Waals surface area contributed by atoms with Crippen molar-refractivity contribution >= 4 is 22.3 Å². The topological polar surface area (TPSA) is 72.3 Å². The molecule has 1 atom stereocenters. The van der Waals surface area contributed by atoms with Gasteiger partial charge in [-0.05, 0) is 6.42 Å². The number of unbranched alkanes of at least 4 members (excludes halogenated alkanes) is 11. The van der Waals surface area contributed by atoms with Crippen molar-refractivity contribution in [2.45, 2.75) is 103 Å². The molecule has 0 radical (unpaired) electrons. The summed E-state index contributed by atoms with van der Waals surface area (Å²) in [6.45, 7) is 2.26. The first kappa shape index (κ1) is 23.5. The van der Waals surface area contributed by atoms with Crippen molar-refractivity contribution in [3.63, 3.8) is 0 Å². The van der Waals surface area contributed by atoms with E-state index >= 15 is 0 Å². The van der Waals surface area contributed by atoms with Gasteiger partial charge in [-0.2, -0.15) is 0 Å². The molecule has 0 spiro atoms. The average molecular weight is 405 g/mol. The van der Waals surface area contributed by atoms with Gasteiger partial charge in [-0.1, -0.05) is 39.0 Å². The van der Waals surface area contributed by atoms with Crippen LogP contribution in [0.15, 0.2) is 12.2 Å². The van der Waals surface area contributed by atoms with Crippen molar-refractivity contribution < 1.29 is 4.79 Å². The minimum atomic E-state index is -0.477. The molecule has 1 unspecified atom stereocenters. The summed E-state index contributed by atoms with van der Waals surface area (Å²) in [6, 6.07) is -0.477. The number of allylic oxidation sites excluding steroid dienone is 2. The van der Waals surface area contributed by atoms with Crippen LogP contribution in [0, 0.1) is 0 Å². The van der Waals surface area contributed by atoms with Crippen molar-refractivity contribution in [3.8, 4) is 0 Å². The Morgan fingerprint density at radius 1 is 0.917 bits per heavy atom. The van der Waals surface area contributed by atoms with E-state index in [-0.39, 0.29) is 6.17 Å². The molecule has 142 valence electrons. The number of amides is 2. The molecular weight excluding hydrogens is 365 g/mol. The maximum atomic E-state index is 10.9. The van der Waals surface area contributed by atoms with Gasteiger partial charge in [-0.3, -0.25) is 0 Å². The number of hydrogen-bond acceptors (Lipinski definition) is 2. The van der Waals surface area contributed by atoms with E-state index in [1.807, 2.05) is 0 Å². The van der Waals surface area contributed by atoms with E-state index in [2.05, 4.69) is 35.3 Å². The number of urea groups is 1. The van der Waals surface area contributed by atoms with Crippen molar-refractivity contribution in [3.05, 3.63) is 12.2 Å². The number of hydrogen-bond donors (Lipinski definition) is 2. The Bertz CT molecular complexity index is 324. The van der Waals surface area contributed by atoms with E-state index in [4.69, 9.17) is 11.5 Å². The predicted molar refractivity (Wildman–Crippen MR) is 106 cm³/mol. The Kier molecular flexibility index (Phi) is 16.9. The standard InChI is InChI=1S/C19H39N3OSe/c1-2-3-4-5-6-7-8-9-10-11-12-13-14-15-16-17-18(20)22(24)19(21)23/h9-10,18,24H,2-8,11-17,20H2,1H3,(H2,21,23)/b10-9-. The molecule has 0 saturated carbocycles. The Morgan fingerprint density at radius 2 is 1.38 bits per heavy atom. The van der Waals surface area contributed by atoms with Crippen LogP contribution in [-0.4, -0.2) is 32.3 Å². The monoisotopic (exact) mass is 405 g/mol. The van der Waals surface area contributed by atoms with Crippen LogP contribution in [0.3, 0.4) is 0 Å². The molecule has 0 aliphatic carbocycles. The number of carbonyl (C=O) groups is 1. The fourth-order valence-electron chi connectivity index (χ4n) is 2.71. The second kappa shape index (κ2) is 17.3. The van der Waals surface area contributed by atoms with Crippen molar-refractivity contribution in [1.29, 1.82) is 0 Å². The summed E-state index contributed by atoms with van der Waals surface area (Å²) in [5.74, 6) is 0. The normalized spacial score (nSPS) is 12.6.